The molecule has 2 saturated heterocycles. The van der Waals surface area contributed by atoms with Gasteiger partial charge in [0, 0.05) is 18.8 Å². The fraction of sp³-hybridized carbons (Fsp3) is 0.706. The van der Waals surface area contributed by atoms with Gasteiger partial charge in [0.25, 0.3) is 5.91 Å². The van der Waals surface area contributed by atoms with E-state index in [0.29, 0.717) is 0 Å². The monoisotopic (exact) mass is 331 g/mol. The van der Waals surface area contributed by atoms with Crippen LogP contribution in [0.15, 0.2) is 6.07 Å². The third-order valence-electron chi connectivity index (χ3n) is 5.83. The Kier molecular flexibility index (Phi) is 3.83. The van der Waals surface area contributed by atoms with E-state index in [1.807, 2.05) is 6.92 Å². The summed E-state index contributed by atoms with van der Waals surface area (Å²) in [6.07, 6.45) is 5.46. The number of aryl methyl sites for hydroxylation is 2. The second-order valence-electron chi connectivity index (χ2n) is 7.47. The lowest BCUT2D eigenvalue weighted by Crippen LogP contribution is -2.53. The Bertz CT molecular complexity index is 638. The first-order chi connectivity index (χ1) is 11.5. The van der Waals surface area contributed by atoms with Gasteiger partial charge in [-0.25, -0.2) is 4.79 Å². The van der Waals surface area contributed by atoms with Crippen LogP contribution in [0.4, 0.5) is 4.79 Å². The van der Waals surface area contributed by atoms with Crippen LogP contribution in [0.2, 0.25) is 0 Å². The zero-order valence-electron chi connectivity index (χ0n) is 14.2. The predicted octanol–water partition coefficient (Wildman–Crippen LogP) is 1.03. The Hall–Kier alpha value is -1.89. The van der Waals surface area contributed by atoms with E-state index in [0.717, 1.165) is 51.1 Å². The SMILES string of the molecule is CC1(C2CCN(Cc3cc4n(n3)CCCC4)CC2)NC(=O)NC1=O. The van der Waals surface area contributed by atoms with E-state index in [-0.39, 0.29) is 17.9 Å². The summed E-state index contributed by atoms with van der Waals surface area (Å²) < 4.78 is 2.16. The lowest BCUT2D eigenvalue weighted by atomic mass is 9.79. The average Bonchev–Trinajstić information content (AvgIpc) is 3.08. The molecule has 4 rings (SSSR count). The van der Waals surface area contributed by atoms with E-state index >= 15 is 0 Å². The minimum absolute atomic E-state index is 0.187. The first-order valence-electron chi connectivity index (χ1n) is 8.96. The molecule has 0 aromatic carbocycles. The van der Waals surface area contributed by atoms with Gasteiger partial charge in [0.2, 0.25) is 0 Å². The molecule has 1 unspecified atom stereocenters. The molecule has 0 bridgehead atoms. The molecule has 4 heterocycles. The van der Waals surface area contributed by atoms with Crippen molar-refractivity contribution in [2.45, 2.75) is 57.7 Å². The molecule has 3 amide bonds. The molecule has 3 aliphatic rings. The van der Waals surface area contributed by atoms with Crippen molar-refractivity contribution in [1.29, 1.82) is 0 Å². The highest BCUT2D eigenvalue weighted by Crippen LogP contribution is 2.31. The Morgan fingerprint density at radius 2 is 2.04 bits per heavy atom. The maximum atomic E-state index is 12.1. The number of imide groups is 1. The summed E-state index contributed by atoms with van der Waals surface area (Å²) in [6.45, 7) is 5.64. The summed E-state index contributed by atoms with van der Waals surface area (Å²) in [5.41, 5.74) is 1.77. The first kappa shape index (κ1) is 15.6. The molecule has 24 heavy (non-hydrogen) atoms. The Morgan fingerprint density at radius 1 is 1.25 bits per heavy atom. The number of likely N-dealkylation sites (tertiary alicyclic amines) is 1. The summed E-state index contributed by atoms with van der Waals surface area (Å²) in [4.78, 5) is 25.9. The maximum absolute atomic E-state index is 12.1. The van der Waals surface area contributed by atoms with Crippen LogP contribution < -0.4 is 10.6 Å². The predicted molar refractivity (Wildman–Crippen MR) is 88.2 cm³/mol. The van der Waals surface area contributed by atoms with Crippen LogP contribution in [-0.4, -0.2) is 45.2 Å². The molecule has 1 aromatic rings. The van der Waals surface area contributed by atoms with Crippen LogP contribution in [0, 0.1) is 5.92 Å². The van der Waals surface area contributed by atoms with Crippen molar-refractivity contribution in [3.8, 4) is 0 Å². The third kappa shape index (κ3) is 2.70. The Labute approximate surface area is 141 Å². The third-order valence-corrected chi connectivity index (χ3v) is 5.83. The molecule has 1 aromatic heterocycles. The lowest BCUT2D eigenvalue weighted by molar-refractivity contribution is -0.125. The number of amides is 3. The molecule has 7 nitrogen and oxygen atoms in total. The van der Waals surface area contributed by atoms with Crippen molar-refractivity contribution in [2.24, 2.45) is 5.92 Å². The summed E-state index contributed by atoms with van der Waals surface area (Å²) in [6, 6.07) is 1.88. The number of rotatable bonds is 3. The molecule has 0 aliphatic carbocycles. The van der Waals surface area contributed by atoms with E-state index in [2.05, 4.69) is 26.3 Å². The number of aromatic nitrogens is 2. The van der Waals surface area contributed by atoms with Crippen molar-refractivity contribution < 1.29 is 9.59 Å². The second kappa shape index (κ2) is 5.88. The fourth-order valence-corrected chi connectivity index (χ4v) is 4.30. The molecule has 2 fully saturated rings. The number of carbonyl (C=O) groups excluding carboxylic acids is 2. The number of fused-ring (bicyclic) bond motifs is 1. The summed E-state index contributed by atoms with van der Waals surface area (Å²) >= 11 is 0. The molecule has 3 aliphatic heterocycles. The van der Waals surface area contributed by atoms with Gasteiger partial charge in [-0.05, 0) is 64.1 Å². The van der Waals surface area contributed by atoms with Crippen LogP contribution in [0.1, 0.15) is 44.0 Å². The molecular formula is C17H25N5O2. The molecule has 0 spiro atoms. The molecule has 130 valence electrons. The van der Waals surface area contributed by atoms with Crippen LogP contribution in [0.3, 0.4) is 0 Å². The highest BCUT2D eigenvalue weighted by molar-refractivity contribution is 6.06. The summed E-state index contributed by atoms with van der Waals surface area (Å²) in [5, 5.41) is 9.91. The van der Waals surface area contributed by atoms with Crippen molar-refractivity contribution in [3.63, 3.8) is 0 Å². The maximum Gasteiger partial charge on any atom is 0.322 e. The van der Waals surface area contributed by atoms with Crippen LogP contribution in [0.5, 0.6) is 0 Å². The number of nitrogens with one attached hydrogen (secondary N) is 2. The highest BCUT2D eigenvalue weighted by atomic mass is 16.2. The van der Waals surface area contributed by atoms with E-state index in [1.54, 1.807) is 0 Å². The molecule has 0 radical (unpaired) electrons. The van der Waals surface area contributed by atoms with Crippen molar-refractivity contribution in [1.82, 2.24) is 25.3 Å². The highest BCUT2D eigenvalue weighted by Gasteiger charge is 2.48. The molecular weight excluding hydrogens is 306 g/mol. The van der Waals surface area contributed by atoms with Crippen molar-refractivity contribution in [2.75, 3.05) is 13.1 Å². The zero-order chi connectivity index (χ0) is 16.7. The Morgan fingerprint density at radius 3 is 2.71 bits per heavy atom. The first-order valence-corrected chi connectivity index (χ1v) is 8.96. The van der Waals surface area contributed by atoms with Crippen molar-refractivity contribution >= 4 is 11.9 Å². The van der Waals surface area contributed by atoms with E-state index in [4.69, 9.17) is 5.10 Å². The van der Waals surface area contributed by atoms with Crippen molar-refractivity contribution in [3.05, 3.63) is 17.5 Å². The summed E-state index contributed by atoms with van der Waals surface area (Å²) in [7, 11) is 0. The number of carbonyl (C=O) groups is 2. The van der Waals surface area contributed by atoms with Gasteiger partial charge in [-0.3, -0.25) is 19.7 Å². The average molecular weight is 331 g/mol. The van der Waals surface area contributed by atoms with Gasteiger partial charge in [-0.1, -0.05) is 0 Å². The minimum atomic E-state index is -0.753. The number of nitrogens with zero attached hydrogens (tertiary/aromatic N) is 3. The van der Waals surface area contributed by atoms with E-state index in [1.165, 1.54) is 18.5 Å². The number of hydrogen-bond acceptors (Lipinski definition) is 4. The van der Waals surface area contributed by atoms with Gasteiger partial charge >= 0.3 is 6.03 Å². The Balaban J connectivity index is 1.35. The van der Waals surface area contributed by atoms with E-state index in [9.17, 15) is 9.59 Å². The minimum Gasteiger partial charge on any atom is -0.323 e. The number of piperidine rings is 1. The quantitative estimate of drug-likeness (QED) is 0.811. The zero-order valence-corrected chi connectivity index (χ0v) is 14.2. The van der Waals surface area contributed by atoms with Gasteiger partial charge in [-0.2, -0.15) is 5.10 Å². The topological polar surface area (TPSA) is 79.3 Å². The number of hydrogen-bond donors (Lipinski definition) is 2. The lowest BCUT2D eigenvalue weighted by Gasteiger charge is -2.38. The fourth-order valence-electron chi connectivity index (χ4n) is 4.30. The largest absolute Gasteiger partial charge is 0.323 e. The van der Waals surface area contributed by atoms with Gasteiger partial charge in [0.1, 0.15) is 5.54 Å². The van der Waals surface area contributed by atoms with Gasteiger partial charge in [0.05, 0.1) is 5.69 Å². The molecule has 7 heteroatoms. The molecule has 1 atom stereocenters. The van der Waals surface area contributed by atoms with Gasteiger partial charge in [-0.15, -0.1) is 0 Å². The van der Waals surface area contributed by atoms with E-state index < -0.39 is 5.54 Å². The standard InChI is InChI=1S/C17H25N5O2/c1-17(15(23)18-16(24)19-17)12-5-8-21(9-6-12)11-13-10-14-4-2-3-7-22(14)20-13/h10,12H,2-9,11H2,1H3,(H2,18,19,23,24). The molecule has 2 N–H and O–H groups in total. The second-order valence-corrected chi connectivity index (χ2v) is 7.47. The van der Waals surface area contributed by atoms with Crippen LogP contribution in [0.25, 0.3) is 0 Å². The normalized spacial score (nSPS) is 28.5. The van der Waals surface area contributed by atoms with Crippen LogP contribution >= 0.6 is 0 Å². The number of urea groups is 1. The van der Waals surface area contributed by atoms with Gasteiger partial charge < -0.3 is 5.32 Å². The smallest absolute Gasteiger partial charge is 0.322 e. The summed E-state index contributed by atoms with van der Waals surface area (Å²) in [5.74, 6) is 0.00290. The molecule has 0 saturated carbocycles. The van der Waals surface area contributed by atoms with Crippen LogP contribution in [-0.2, 0) is 24.3 Å². The van der Waals surface area contributed by atoms with Gasteiger partial charge in [0.15, 0.2) is 0 Å².